The van der Waals surface area contributed by atoms with E-state index < -0.39 is 42.2 Å². The second-order valence-corrected chi connectivity index (χ2v) is 11.0. The van der Waals surface area contributed by atoms with Gasteiger partial charge in [-0.25, -0.2) is 4.79 Å². The second-order valence-electron chi connectivity index (χ2n) is 10.6. The summed E-state index contributed by atoms with van der Waals surface area (Å²) in [7, 11) is 0. The average Bonchev–Trinajstić information content (AvgIpc) is 2.84. The van der Waals surface area contributed by atoms with E-state index >= 15 is 0 Å². The summed E-state index contributed by atoms with van der Waals surface area (Å²) in [5.74, 6) is -1.42. The highest BCUT2D eigenvalue weighted by molar-refractivity contribution is 6.34. The molecule has 3 atom stereocenters. The van der Waals surface area contributed by atoms with Gasteiger partial charge in [0.2, 0.25) is 5.91 Å². The number of carbonyl (C=O) groups excluding carboxylic acids is 3. The SMILES string of the molecule is CCC(C)C(NC(=O)OC(C)(C)C)C(=O)N(CCO)C(C(=O)Nc1c(C)cccc1Cl)c1ccc(O)c(C)c1. The molecule has 39 heavy (non-hydrogen) atoms. The summed E-state index contributed by atoms with van der Waals surface area (Å²) >= 11 is 6.36. The van der Waals surface area contributed by atoms with E-state index in [0.717, 1.165) is 5.56 Å². The number of hydrogen-bond donors (Lipinski definition) is 4. The number of phenols is 1. The molecule has 9 nitrogen and oxygen atoms in total. The van der Waals surface area contributed by atoms with Gasteiger partial charge in [0, 0.05) is 6.54 Å². The lowest BCUT2D eigenvalue weighted by Crippen LogP contribution is -2.55. The number of benzene rings is 2. The molecule has 0 aliphatic heterocycles. The second kappa shape index (κ2) is 13.7. The lowest BCUT2D eigenvalue weighted by molar-refractivity contribution is -0.142. The molecule has 0 aliphatic carbocycles. The van der Waals surface area contributed by atoms with Crippen molar-refractivity contribution in [3.8, 4) is 5.75 Å². The van der Waals surface area contributed by atoms with Crippen LogP contribution in [0.4, 0.5) is 10.5 Å². The van der Waals surface area contributed by atoms with Crippen molar-refractivity contribution in [3.63, 3.8) is 0 Å². The van der Waals surface area contributed by atoms with Crippen LogP contribution < -0.4 is 10.6 Å². The summed E-state index contributed by atoms with van der Waals surface area (Å²) in [4.78, 5) is 41.9. The predicted octanol–water partition coefficient (Wildman–Crippen LogP) is 5.10. The highest BCUT2D eigenvalue weighted by Gasteiger charge is 2.38. The molecule has 0 saturated carbocycles. The Morgan fingerprint density at radius 3 is 2.31 bits per heavy atom. The zero-order valence-electron chi connectivity index (χ0n) is 23.7. The Morgan fingerprint density at radius 2 is 1.77 bits per heavy atom. The molecule has 3 unspecified atom stereocenters. The largest absolute Gasteiger partial charge is 0.508 e. The molecule has 0 radical (unpaired) electrons. The molecule has 10 heteroatoms. The van der Waals surface area contributed by atoms with Crippen LogP contribution in [0.3, 0.4) is 0 Å². The number of ether oxygens (including phenoxy) is 1. The van der Waals surface area contributed by atoms with Gasteiger partial charge in [-0.15, -0.1) is 0 Å². The number of nitrogens with zero attached hydrogens (tertiary/aromatic N) is 1. The van der Waals surface area contributed by atoms with Crippen LogP contribution in [0.15, 0.2) is 36.4 Å². The number of amides is 3. The Hall–Kier alpha value is -3.30. The molecule has 4 N–H and O–H groups in total. The van der Waals surface area contributed by atoms with Crippen LogP contribution in [0.5, 0.6) is 5.75 Å². The number of anilines is 1. The molecule has 2 aromatic rings. The summed E-state index contributed by atoms with van der Waals surface area (Å²) < 4.78 is 5.39. The Morgan fingerprint density at radius 1 is 1.10 bits per heavy atom. The van der Waals surface area contributed by atoms with Gasteiger partial charge in [-0.3, -0.25) is 9.59 Å². The third kappa shape index (κ3) is 8.60. The van der Waals surface area contributed by atoms with Crippen LogP contribution in [0.25, 0.3) is 0 Å². The molecular weight excluding hydrogens is 522 g/mol. The Balaban J connectivity index is 2.60. The van der Waals surface area contributed by atoms with Crippen LogP contribution >= 0.6 is 11.6 Å². The molecule has 3 amide bonds. The van der Waals surface area contributed by atoms with Crippen molar-refractivity contribution >= 4 is 35.2 Å². The van der Waals surface area contributed by atoms with E-state index in [9.17, 15) is 24.6 Å². The van der Waals surface area contributed by atoms with Crippen LogP contribution in [-0.4, -0.2) is 57.8 Å². The molecule has 0 heterocycles. The number of phenolic OH excluding ortho intramolecular Hbond substituents is 1. The number of para-hydroxylation sites is 1. The number of rotatable bonds is 10. The number of halogens is 1. The zero-order chi connectivity index (χ0) is 29.5. The number of hydrogen-bond acceptors (Lipinski definition) is 6. The van der Waals surface area contributed by atoms with E-state index in [1.165, 1.54) is 11.0 Å². The number of alkyl carbamates (subject to hydrolysis) is 1. The van der Waals surface area contributed by atoms with Crippen molar-refractivity contribution in [2.24, 2.45) is 5.92 Å². The van der Waals surface area contributed by atoms with Crippen molar-refractivity contribution in [3.05, 3.63) is 58.1 Å². The van der Waals surface area contributed by atoms with Crippen molar-refractivity contribution in [2.75, 3.05) is 18.5 Å². The maximum Gasteiger partial charge on any atom is 0.408 e. The zero-order valence-corrected chi connectivity index (χ0v) is 24.4. The maximum absolute atomic E-state index is 14.1. The molecule has 0 aliphatic rings. The lowest BCUT2D eigenvalue weighted by Gasteiger charge is -2.36. The molecule has 0 spiro atoms. The number of aromatic hydroxyl groups is 1. The van der Waals surface area contributed by atoms with Crippen molar-refractivity contribution in [1.82, 2.24) is 10.2 Å². The van der Waals surface area contributed by atoms with E-state index in [2.05, 4.69) is 10.6 Å². The standard InChI is InChI=1S/C29H40ClN3O6/c1-8-17(2)24(32-28(38)39-29(5,6)7)27(37)33(14-15-34)25(20-12-13-22(35)19(4)16-20)26(36)31-23-18(3)10-9-11-21(23)30/h9-13,16-17,24-25,34-35H,8,14-15H2,1-7H3,(H,31,36)(H,32,38). The van der Waals surface area contributed by atoms with Crippen molar-refractivity contribution in [1.29, 1.82) is 0 Å². The van der Waals surface area contributed by atoms with E-state index in [4.69, 9.17) is 16.3 Å². The summed E-state index contributed by atoms with van der Waals surface area (Å²) in [5, 5.41) is 25.9. The minimum atomic E-state index is -1.22. The number of carbonyl (C=O) groups is 3. The number of aryl methyl sites for hydroxylation is 2. The number of nitrogens with one attached hydrogen (secondary N) is 2. The lowest BCUT2D eigenvalue weighted by atomic mass is 9.95. The minimum absolute atomic E-state index is 0.0314. The fourth-order valence-electron chi connectivity index (χ4n) is 4.07. The molecule has 0 saturated heterocycles. The monoisotopic (exact) mass is 561 g/mol. The molecule has 0 bridgehead atoms. The average molecular weight is 562 g/mol. The third-order valence-corrected chi connectivity index (χ3v) is 6.66. The predicted molar refractivity (Wildman–Crippen MR) is 152 cm³/mol. The van der Waals surface area contributed by atoms with Gasteiger partial charge < -0.3 is 30.5 Å². The van der Waals surface area contributed by atoms with Gasteiger partial charge in [-0.05, 0) is 75.4 Å². The highest BCUT2D eigenvalue weighted by atomic mass is 35.5. The first kappa shape index (κ1) is 31.9. The summed E-state index contributed by atoms with van der Waals surface area (Å²) in [6.45, 7) is 11.7. The Kier molecular flexibility index (Phi) is 11.2. The van der Waals surface area contributed by atoms with Gasteiger partial charge in [0.1, 0.15) is 23.4 Å². The van der Waals surface area contributed by atoms with Gasteiger partial charge in [-0.2, -0.15) is 0 Å². The van der Waals surface area contributed by atoms with Crippen LogP contribution in [0, 0.1) is 19.8 Å². The number of aliphatic hydroxyl groups excluding tert-OH is 1. The van der Waals surface area contributed by atoms with E-state index in [1.54, 1.807) is 65.0 Å². The van der Waals surface area contributed by atoms with Gasteiger partial charge in [-0.1, -0.05) is 50.1 Å². The Bertz CT molecular complexity index is 1160. The quantitative estimate of drug-likeness (QED) is 0.319. The molecule has 2 rings (SSSR count). The maximum atomic E-state index is 14.1. The van der Waals surface area contributed by atoms with Crippen LogP contribution in [0.2, 0.25) is 5.02 Å². The van der Waals surface area contributed by atoms with Crippen LogP contribution in [0.1, 0.15) is 63.8 Å². The van der Waals surface area contributed by atoms with Gasteiger partial charge in [0.15, 0.2) is 0 Å². The summed E-state index contributed by atoms with van der Waals surface area (Å²) in [6.07, 6.45) is -0.217. The molecule has 214 valence electrons. The van der Waals surface area contributed by atoms with Gasteiger partial charge in [0.05, 0.1) is 17.3 Å². The first-order valence-electron chi connectivity index (χ1n) is 13.0. The minimum Gasteiger partial charge on any atom is -0.508 e. The molecule has 2 aromatic carbocycles. The van der Waals surface area contributed by atoms with Gasteiger partial charge >= 0.3 is 6.09 Å². The fourth-order valence-corrected chi connectivity index (χ4v) is 4.34. The normalized spacial score (nSPS) is 13.7. The fraction of sp³-hybridized carbons (Fsp3) is 0.483. The third-order valence-electron chi connectivity index (χ3n) is 6.34. The first-order valence-corrected chi connectivity index (χ1v) is 13.3. The van der Waals surface area contributed by atoms with Gasteiger partial charge in [0.25, 0.3) is 5.91 Å². The smallest absolute Gasteiger partial charge is 0.408 e. The summed E-state index contributed by atoms with van der Waals surface area (Å²) in [5.41, 5.74) is 1.25. The first-order chi connectivity index (χ1) is 18.2. The number of aliphatic hydroxyl groups is 1. The highest BCUT2D eigenvalue weighted by Crippen LogP contribution is 2.31. The van der Waals surface area contributed by atoms with E-state index in [-0.39, 0.29) is 18.2 Å². The van der Waals surface area contributed by atoms with Crippen molar-refractivity contribution < 1.29 is 29.3 Å². The molecule has 0 aromatic heterocycles. The molecule has 0 fully saturated rings. The summed E-state index contributed by atoms with van der Waals surface area (Å²) in [6, 6.07) is 7.54. The van der Waals surface area contributed by atoms with E-state index in [1.807, 2.05) is 13.8 Å². The molecular formula is C29H40ClN3O6. The topological polar surface area (TPSA) is 128 Å². The van der Waals surface area contributed by atoms with Crippen LogP contribution in [-0.2, 0) is 14.3 Å². The van der Waals surface area contributed by atoms with E-state index in [0.29, 0.717) is 28.3 Å². The Labute approximate surface area is 235 Å². The van der Waals surface area contributed by atoms with Crippen molar-refractivity contribution in [2.45, 2.75) is 72.6 Å².